The molecule has 5 rings (SSSR count). The molecule has 1 aliphatic carbocycles. The first-order valence-electron chi connectivity index (χ1n) is 12.8. The van der Waals surface area contributed by atoms with Crippen LogP contribution in [0, 0.1) is 18.3 Å². The summed E-state index contributed by atoms with van der Waals surface area (Å²) in [5, 5.41) is 14.9. The Labute approximate surface area is 231 Å². The number of pyridine rings is 1. The topological polar surface area (TPSA) is 121 Å². The summed E-state index contributed by atoms with van der Waals surface area (Å²) in [5.41, 5.74) is 3.11. The Morgan fingerprint density at radius 1 is 0.975 bits per heavy atom. The van der Waals surface area contributed by atoms with Crippen LogP contribution in [0.25, 0.3) is 22.4 Å². The monoisotopic (exact) mass is 534 g/mol. The van der Waals surface area contributed by atoms with E-state index in [1.54, 1.807) is 32.0 Å². The van der Waals surface area contributed by atoms with Gasteiger partial charge < -0.3 is 10.6 Å². The molecule has 8 nitrogen and oxygen atoms in total. The molecule has 0 bridgehead atoms. The molecule has 0 radical (unpaired) electrons. The van der Waals surface area contributed by atoms with Crippen molar-refractivity contribution in [2.24, 2.45) is 0 Å². The van der Waals surface area contributed by atoms with Crippen LogP contribution in [0.4, 0.5) is 15.9 Å². The summed E-state index contributed by atoms with van der Waals surface area (Å²) in [6.45, 7) is 5.49. The van der Waals surface area contributed by atoms with Crippen LogP contribution >= 0.6 is 0 Å². The number of aromatic nitrogens is 3. The molecule has 2 N–H and O–H groups in total. The van der Waals surface area contributed by atoms with E-state index in [-0.39, 0.29) is 24.6 Å². The van der Waals surface area contributed by atoms with E-state index in [0.717, 1.165) is 22.3 Å². The van der Waals surface area contributed by atoms with E-state index in [1.165, 1.54) is 12.5 Å². The molecule has 9 heteroatoms. The lowest BCUT2D eigenvalue weighted by Gasteiger charge is -2.15. The molecule has 2 heterocycles. The highest BCUT2D eigenvalue weighted by atomic mass is 19.1. The van der Waals surface area contributed by atoms with Gasteiger partial charge in [0.05, 0.1) is 22.9 Å². The zero-order valence-corrected chi connectivity index (χ0v) is 22.3. The Kier molecular flexibility index (Phi) is 6.86. The highest BCUT2D eigenvalue weighted by molar-refractivity contribution is 6.04. The second kappa shape index (κ2) is 10.3. The molecule has 2 aromatic heterocycles. The number of halogens is 1. The zero-order valence-electron chi connectivity index (χ0n) is 22.3. The third-order valence-electron chi connectivity index (χ3n) is 6.91. The molecule has 0 atom stereocenters. The van der Waals surface area contributed by atoms with Gasteiger partial charge in [0.1, 0.15) is 12.1 Å². The van der Waals surface area contributed by atoms with Crippen molar-refractivity contribution in [2.45, 2.75) is 44.7 Å². The SMILES string of the molecule is Cc1ccc(NC(=O)c2ccnc(C(C)(C)C#N)c2)cc1-c1cccc(-c2cc(NC(=O)C3(F)CC3)ncn2)c1. The maximum absolute atomic E-state index is 14.1. The number of anilines is 2. The van der Waals surface area contributed by atoms with E-state index >= 15 is 0 Å². The van der Waals surface area contributed by atoms with Crippen LogP contribution in [0.1, 0.15) is 48.3 Å². The third-order valence-corrected chi connectivity index (χ3v) is 6.91. The number of amides is 2. The van der Waals surface area contributed by atoms with Crippen LogP contribution in [0.3, 0.4) is 0 Å². The Bertz CT molecular complexity index is 1670. The second-order valence-electron chi connectivity index (χ2n) is 10.4. The van der Waals surface area contributed by atoms with Gasteiger partial charge in [0.15, 0.2) is 5.67 Å². The maximum atomic E-state index is 14.1. The fourth-order valence-corrected chi connectivity index (χ4v) is 4.18. The zero-order chi connectivity index (χ0) is 28.5. The highest BCUT2D eigenvalue weighted by Crippen LogP contribution is 2.40. The maximum Gasteiger partial charge on any atom is 0.263 e. The van der Waals surface area contributed by atoms with Crippen LogP contribution in [-0.2, 0) is 10.2 Å². The number of aryl methyl sites for hydroxylation is 1. The van der Waals surface area contributed by atoms with Gasteiger partial charge in [-0.2, -0.15) is 5.26 Å². The molecule has 4 aromatic rings. The standard InChI is InChI=1S/C31H27FN6O2/c1-19-7-8-23(37-28(39)22-9-12-34-26(14-22)30(2,3)17-33)15-24(19)20-5-4-6-21(13-20)25-16-27(36-18-35-25)38-29(40)31(32)10-11-31/h4-9,12-16,18H,10-11H2,1-3H3,(H,37,39)(H,35,36,38,40). The van der Waals surface area contributed by atoms with Crippen molar-refractivity contribution in [1.82, 2.24) is 15.0 Å². The Morgan fingerprint density at radius 3 is 2.50 bits per heavy atom. The van der Waals surface area contributed by atoms with Crippen LogP contribution in [0.2, 0.25) is 0 Å². The molecule has 0 unspecified atom stereocenters. The summed E-state index contributed by atoms with van der Waals surface area (Å²) >= 11 is 0. The van der Waals surface area contributed by atoms with Gasteiger partial charge in [0, 0.05) is 29.1 Å². The van der Waals surface area contributed by atoms with Gasteiger partial charge in [0.25, 0.3) is 11.8 Å². The van der Waals surface area contributed by atoms with Crippen molar-refractivity contribution in [1.29, 1.82) is 5.26 Å². The van der Waals surface area contributed by atoms with E-state index in [4.69, 9.17) is 0 Å². The average molecular weight is 535 g/mol. The highest BCUT2D eigenvalue weighted by Gasteiger charge is 2.51. The molecule has 1 aliphatic rings. The fraction of sp³-hybridized carbons (Fsp3) is 0.226. The van der Waals surface area contributed by atoms with E-state index in [2.05, 4.69) is 31.7 Å². The Balaban J connectivity index is 1.38. The molecule has 200 valence electrons. The minimum absolute atomic E-state index is 0.223. The second-order valence-corrected chi connectivity index (χ2v) is 10.4. The van der Waals surface area contributed by atoms with E-state index in [1.807, 2.05) is 49.4 Å². The van der Waals surface area contributed by atoms with Gasteiger partial charge in [-0.25, -0.2) is 14.4 Å². The molecular formula is C31H27FN6O2. The van der Waals surface area contributed by atoms with E-state index < -0.39 is 17.0 Å². The number of carbonyl (C=O) groups is 2. The summed E-state index contributed by atoms with van der Waals surface area (Å²) in [4.78, 5) is 37.8. The smallest absolute Gasteiger partial charge is 0.263 e. The fourth-order valence-electron chi connectivity index (χ4n) is 4.18. The van der Waals surface area contributed by atoms with Crippen molar-refractivity contribution in [3.05, 3.63) is 90.0 Å². The summed E-state index contributed by atoms with van der Waals surface area (Å²) in [5.74, 6) is -0.752. The van der Waals surface area contributed by atoms with Gasteiger partial charge in [0.2, 0.25) is 0 Å². The number of hydrogen-bond donors (Lipinski definition) is 2. The molecule has 0 aliphatic heterocycles. The number of rotatable bonds is 7. The van der Waals surface area contributed by atoms with Crippen molar-refractivity contribution < 1.29 is 14.0 Å². The number of hydrogen-bond acceptors (Lipinski definition) is 6. The quantitative estimate of drug-likeness (QED) is 0.300. The number of nitriles is 1. The lowest BCUT2D eigenvalue weighted by Crippen LogP contribution is -2.25. The minimum Gasteiger partial charge on any atom is -0.322 e. The number of carbonyl (C=O) groups excluding carboxylic acids is 2. The number of nitrogens with zero attached hydrogens (tertiary/aromatic N) is 4. The third kappa shape index (κ3) is 5.57. The summed E-state index contributed by atoms with van der Waals surface area (Å²) < 4.78 is 14.1. The lowest BCUT2D eigenvalue weighted by atomic mass is 9.90. The minimum atomic E-state index is -1.80. The van der Waals surface area contributed by atoms with Gasteiger partial charge in [-0.1, -0.05) is 24.3 Å². The molecule has 2 amide bonds. The summed E-state index contributed by atoms with van der Waals surface area (Å²) in [6, 6.07) is 20.4. The molecule has 1 fully saturated rings. The molecule has 2 aromatic carbocycles. The van der Waals surface area contributed by atoms with Crippen LogP contribution in [0.15, 0.2) is 73.2 Å². The molecule has 40 heavy (non-hydrogen) atoms. The van der Waals surface area contributed by atoms with Gasteiger partial charge >= 0.3 is 0 Å². The first kappa shape index (κ1) is 26.6. The van der Waals surface area contributed by atoms with E-state index in [0.29, 0.717) is 22.6 Å². The first-order chi connectivity index (χ1) is 19.1. The van der Waals surface area contributed by atoms with Crippen molar-refractivity contribution >= 4 is 23.3 Å². The van der Waals surface area contributed by atoms with Crippen molar-refractivity contribution in [3.8, 4) is 28.5 Å². The van der Waals surface area contributed by atoms with Gasteiger partial charge in [-0.3, -0.25) is 14.6 Å². The van der Waals surface area contributed by atoms with Crippen molar-refractivity contribution in [3.63, 3.8) is 0 Å². The molecule has 0 spiro atoms. The molecule has 0 saturated heterocycles. The van der Waals surface area contributed by atoms with E-state index in [9.17, 15) is 19.2 Å². The molecule has 1 saturated carbocycles. The van der Waals surface area contributed by atoms with Crippen LogP contribution < -0.4 is 10.6 Å². The normalized spacial score (nSPS) is 13.7. The first-order valence-corrected chi connectivity index (χ1v) is 12.8. The van der Waals surface area contributed by atoms with Gasteiger partial charge in [-0.05, 0) is 80.6 Å². The van der Waals surface area contributed by atoms with Crippen molar-refractivity contribution in [2.75, 3.05) is 10.6 Å². The lowest BCUT2D eigenvalue weighted by molar-refractivity contribution is -0.122. The Morgan fingerprint density at radius 2 is 1.75 bits per heavy atom. The molecular weight excluding hydrogens is 507 g/mol. The predicted molar refractivity (Wildman–Crippen MR) is 150 cm³/mol. The summed E-state index contributed by atoms with van der Waals surface area (Å²) in [7, 11) is 0. The number of nitrogens with one attached hydrogen (secondary N) is 2. The number of benzene rings is 2. The van der Waals surface area contributed by atoms with Crippen LogP contribution in [-0.4, -0.2) is 32.4 Å². The average Bonchev–Trinajstić information content (AvgIpc) is 3.73. The Hall–Kier alpha value is -4.97. The van der Waals surface area contributed by atoms with Crippen LogP contribution in [0.5, 0.6) is 0 Å². The van der Waals surface area contributed by atoms with Gasteiger partial charge in [-0.15, -0.1) is 0 Å². The largest absolute Gasteiger partial charge is 0.322 e. The summed E-state index contributed by atoms with van der Waals surface area (Å²) in [6.07, 6.45) is 3.31. The predicted octanol–water partition coefficient (Wildman–Crippen LogP) is 6.01. The number of alkyl halides is 1.